The van der Waals surface area contributed by atoms with Crippen LogP contribution in [0.25, 0.3) is 0 Å². The van der Waals surface area contributed by atoms with Gasteiger partial charge in [-0.1, -0.05) is 0 Å². The molecule has 1 heterocycles. The molecule has 1 fully saturated rings. The highest BCUT2D eigenvalue weighted by atomic mass is 15.1. The molecule has 16 heavy (non-hydrogen) atoms. The van der Waals surface area contributed by atoms with Crippen LogP contribution >= 0.6 is 0 Å². The molecular weight excluding hydrogens is 198 g/mol. The normalized spacial score (nSPS) is 20.6. The second kappa shape index (κ2) is 5.99. The van der Waals surface area contributed by atoms with E-state index in [1.54, 1.807) is 0 Å². The Morgan fingerprint density at radius 2 is 1.88 bits per heavy atom. The zero-order valence-electron chi connectivity index (χ0n) is 11.5. The van der Waals surface area contributed by atoms with Crippen molar-refractivity contribution in [2.45, 2.75) is 38.6 Å². The Bertz CT molecular complexity index is 190. The lowest BCUT2D eigenvalue weighted by Gasteiger charge is -2.32. The summed E-state index contributed by atoms with van der Waals surface area (Å²) in [6.45, 7) is 9.11. The van der Waals surface area contributed by atoms with Gasteiger partial charge in [0.25, 0.3) is 0 Å². The van der Waals surface area contributed by atoms with Gasteiger partial charge in [0.15, 0.2) is 0 Å². The molecule has 3 heteroatoms. The molecule has 0 amide bonds. The van der Waals surface area contributed by atoms with E-state index in [0.29, 0.717) is 0 Å². The van der Waals surface area contributed by atoms with Gasteiger partial charge in [-0.15, -0.1) is 0 Å². The van der Waals surface area contributed by atoms with Crippen molar-refractivity contribution in [2.24, 2.45) is 11.7 Å². The van der Waals surface area contributed by atoms with Crippen molar-refractivity contribution in [2.75, 3.05) is 40.3 Å². The molecule has 2 N–H and O–H groups in total. The van der Waals surface area contributed by atoms with Crippen molar-refractivity contribution in [1.82, 2.24) is 9.80 Å². The molecular formula is C13H29N3. The summed E-state index contributed by atoms with van der Waals surface area (Å²) in [4.78, 5) is 4.88. The maximum atomic E-state index is 6.00. The van der Waals surface area contributed by atoms with Gasteiger partial charge in [-0.05, 0) is 72.8 Å². The van der Waals surface area contributed by atoms with Crippen molar-refractivity contribution in [3.05, 3.63) is 0 Å². The molecule has 0 aromatic carbocycles. The van der Waals surface area contributed by atoms with Crippen LogP contribution in [0.5, 0.6) is 0 Å². The smallest absolute Gasteiger partial charge is 0.0109 e. The van der Waals surface area contributed by atoms with Gasteiger partial charge in [0, 0.05) is 12.1 Å². The first kappa shape index (κ1) is 13.9. The van der Waals surface area contributed by atoms with Crippen LogP contribution in [0.2, 0.25) is 0 Å². The van der Waals surface area contributed by atoms with Crippen LogP contribution in [0.3, 0.4) is 0 Å². The third-order valence-corrected chi connectivity index (χ3v) is 3.55. The van der Waals surface area contributed by atoms with Gasteiger partial charge in [0.05, 0.1) is 0 Å². The van der Waals surface area contributed by atoms with E-state index in [1.165, 1.54) is 32.5 Å². The molecule has 0 radical (unpaired) electrons. The van der Waals surface area contributed by atoms with Crippen molar-refractivity contribution in [3.63, 3.8) is 0 Å². The Balaban J connectivity index is 2.16. The third kappa shape index (κ3) is 5.83. The van der Waals surface area contributed by atoms with Crippen molar-refractivity contribution in [3.8, 4) is 0 Å². The number of hydrogen-bond donors (Lipinski definition) is 1. The van der Waals surface area contributed by atoms with Gasteiger partial charge < -0.3 is 15.5 Å². The van der Waals surface area contributed by atoms with Gasteiger partial charge >= 0.3 is 0 Å². The Labute approximate surface area is 101 Å². The van der Waals surface area contributed by atoms with Crippen molar-refractivity contribution < 1.29 is 0 Å². The fraction of sp³-hybridized carbons (Fsp3) is 1.00. The lowest BCUT2D eigenvalue weighted by molar-refractivity contribution is 0.171. The topological polar surface area (TPSA) is 32.5 Å². The largest absolute Gasteiger partial charge is 0.326 e. The van der Waals surface area contributed by atoms with E-state index >= 15 is 0 Å². The minimum absolute atomic E-state index is 0.0267. The number of nitrogens with zero attached hydrogens (tertiary/aromatic N) is 2. The maximum absolute atomic E-state index is 6.00. The zero-order valence-corrected chi connectivity index (χ0v) is 11.5. The van der Waals surface area contributed by atoms with Crippen LogP contribution in [0.15, 0.2) is 0 Å². The van der Waals surface area contributed by atoms with E-state index in [-0.39, 0.29) is 5.54 Å². The number of hydrogen-bond acceptors (Lipinski definition) is 3. The second-order valence-electron chi connectivity index (χ2n) is 6.25. The zero-order chi connectivity index (χ0) is 12.2. The summed E-state index contributed by atoms with van der Waals surface area (Å²) in [6.07, 6.45) is 3.79. The van der Waals surface area contributed by atoms with Gasteiger partial charge in [-0.25, -0.2) is 0 Å². The molecule has 0 aliphatic carbocycles. The molecule has 0 saturated carbocycles. The summed E-state index contributed by atoms with van der Waals surface area (Å²) in [7, 11) is 4.45. The van der Waals surface area contributed by atoms with E-state index in [4.69, 9.17) is 5.73 Å². The van der Waals surface area contributed by atoms with Gasteiger partial charge in [-0.2, -0.15) is 0 Å². The molecule has 0 bridgehead atoms. The van der Waals surface area contributed by atoms with Crippen molar-refractivity contribution >= 4 is 0 Å². The molecule has 1 saturated heterocycles. The van der Waals surface area contributed by atoms with E-state index in [2.05, 4.69) is 37.7 Å². The SMILES string of the molecule is CN1CCC(CN(C)CCC(C)(C)N)CC1. The molecule has 1 aliphatic heterocycles. The van der Waals surface area contributed by atoms with Gasteiger partial charge in [-0.3, -0.25) is 0 Å². The van der Waals surface area contributed by atoms with E-state index in [0.717, 1.165) is 18.9 Å². The summed E-state index contributed by atoms with van der Waals surface area (Å²) in [5.41, 5.74) is 5.98. The first-order valence-electron chi connectivity index (χ1n) is 6.53. The Morgan fingerprint density at radius 3 is 2.38 bits per heavy atom. The molecule has 3 nitrogen and oxygen atoms in total. The Hall–Kier alpha value is -0.120. The molecule has 0 aromatic rings. The minimum atomic E-state index is -0.0267. The van der Waals surface area contributed by atoms with Crippen LogP contribution in [0.4, 0.5) is 0 Å². The van der Waals surface area contributed by atoms with Crippen LogP contribution in [-0.4, -0.2) is 55.6 Å². The van der Waals surface area contributed by atoms with E-state index < -0.39 is 0 Å². The Kier molecular flexibility index (Phi) is 5.22. The Morgan fingerprint density at radius 1 is 1.31 bits per heavy atom. The first-order valence-corrected chi connectivity index (χ1v) is 6.53. The molecule has 0 unspecified atom stereocenters. The number of piperidine rings is 1. The average Bonchev–Trinajstić information content (AvgIpc) is 2.18. The first-order chi connectivity index (χ1) is 7.37. The van der Waals surface area contributed by atoms with E-state index in [9.17, 15) is 0 Å². The number of rotatable bonds is 5. The summed E-state index contributed by atoms with van der Waals surface area (Å²) in [6, 6.07) is 0. The third-order valence-electron chi connectivity index (χ3n) is 3.55. The molecule has 0 spiro atoms. The highest BCUT2D eigenvalue weighted by Crippen LogP contribution is 2.17. The monoisotopic (exact) mass is 227 g/mol. The number of nitrogens with two attached hydrogens (primary N) is 1. The molecule has 0 atom stereocenters. The maximum Gasteiger partial charge on any atom is 0.0109 e. The lowest BCUT2D eigenvalue weighted by atomic mass is 9.96. The fourth-order valence-corrected chi connectivity index (χ4v) is 2.26. The number of likely N-dealkylation sites (tertiary alicyclic amines) is 1. The summed E-state index contributed by atoms with van der Waals surface area (Å²) < 4.78 is 0. The van der Waals surface area contributed by atoms with E-state index in [1.807, 2.05) is 0 Å². The standard InChI is InChI=1S/C13H29N3/c1-13(2,14)7-10-16(4)11-12-5-8-15(3)9-6-12/h12H,5-11,14H2,1-4H3. The highest BCUT2D eigenvalue weighted by Gasteiger charge is 2.19. The average molecular weight is 227 g/mol. The summed E-state index contributed by atoms with van der Waals surface area (Å²) in [5.74, 6) is 0.891. The molecule has 1 aliphatic rings. The predicted octanol–water partition coefficient (Wildman–Crippen LogP) is 1.39. The summed E-state index contributed by atoms with van der Waals surface area (Å²) in [5, 5.41) is 0. The molecule has 1 rings (SSSR count). The lowest BCUT2D eigenvalue weighted by Crippen LogP contribution is -2.39. The van der Waals surface area contributed by atoms with Crippen LogP contribution < -0.4 is 5.73 Å². The predicted molar refractivity (Wildman–Crippen MR) is 70.6 cm³/mol. The molecule has 0 aromatic heterocycles. The van der Waals surface area contributed by atoms with Crippen LogP contribution in [0.1, 0.15) is 33.1 Å². The van der Waals surface area contributed by atoms with Crippen LogP contribution in [-0.2, 0) is 0 Å². The van der Waals surface area contributed by atoms with Crippen LogP contribution in [0, 0.1) is 5.92 Å². The highest BCUT2D eigenvalue weighted by molar-refractivity contribution is 4.76. The minimum Gasteiger partial charge on any atom is -0.326 e. The quantitative estimate of drug-likeness (QED) is 0.770. The fourth-order valence-electron chi connectivity index (χ4n) is 2.26. The second-order valence-corrected chi connectivity index (χ2v) is 6.25. The molecule has 96 valence electrons. The van der Waals surface area contributed by atoms with Gasteiger partial charge in [0.1, 0.15) is 0 Å². The van der Waals surface area contributed by atoms with Gasteiger partial charge in [0.2, 0.25) is 0 Å². The summed E-state index contributed by atoms with van der Waals surface area (Å²) >= 11 is 0. The van der Waals surface area contributed by atoms with Crippen molar-refractivity contribution in [1.29, 1.82) is 0 Å².